The summed E-state index contributed by atoms with van der Waals surface area (Å²) in [6.45, 7) is 0. The van der Waals surface area contributed by atoms with Crippen molar-refractivity contribution in [1.82, 2.24) is 15.0 Å². The molecule has 0 unspecified atom stereocenters. The maximum atomic E-state index is 9.58. The highest BCUT2D eigenvalue weighted by molar-refractivity contribution is 7.26. The number of furan rings is 1. The molecule has 51 heavy (non-hydrogen) atoms. The molecule has 0 amide bonds. The Kier molecular flexibility index (Phi) is 5.08. The van der Waals surface area contributed by atoms with Gasteiger partial charge in [-0.15, -0.1) is 22.7 Å². The third-order valence-electron chi connectivity index (χ3n) is 9.26. The first-order valence-corrected chi connectivity index (χ1v) is 18.0. The van der Waals surface area contributed by atoms with Gasteiger partial charge in [-0.05, 0) is 48.0 Å². The maximum Gasteiger partial charge on any atom is 0.165 e. The van der Waals surface area contributed by atoms with E-state index in [2.05, 4.69) is 24.3 Å². The van der Waals surface area contributed by atoms with E-state index in [1.165, 1.54) is 0 Å². The average molecular weight is 694 g/mol. The summed E-state index contributed by atoms with van der Waals surface area (Å²) in [5, 5.41) is 4.42. The zero-order valence-corrected chi connectivity index (χ0v) is 28.2. The smallest absolute Gasteiger partial charge is 0.165 e. The molecule has 0 fully saturated rings. The molecular weight excluding hydrogens is 663 g/mol. The van der Waals surface area contributed by atoms with Crippen LogP contribution in [0.3, 0.4) is 0 Å². The van der Waals surface area contributed by atoms with E-state index in [1.807, 2.05) is 91.0 Å². The van der Waals surface area contributed by atoms with E-state index >= 15 is 0 Å². The molecule has 0 aliphatic carbocycles. The Labute approximate surface area is 308 Å². The predicted octanol–water partition coefficient (Wildman–Crippen LogP) is 13.2. The molecule has 238 valence electrons. The highest BCUT2D eigenvalue weighted by Crippen LogP contribution is 2.42. The number of aromatic nitrogens is 3. The predicted molar refractivity (Wildman–Crippen MR) is 215 cm³/mol. The number of nitrogens with zero attached hydrogens (tertiary/aromatic N) is 3. The average Bonchev–Trinajstić information content (AvgIpc) is 3.94. The van der Waals surface area contributed by atoms with E-state index in [1.54, 1.807) is 22.7 Å². The Balaban J connectivity index is 1.18. The second kappa shape index (κ2) is 11.2. The lowest BCUT2D eigenvalue weighted by atomic mass is 10.00. The van der Waals surface area contributed by atoms with Gasteiger partial charge in [0.15, 0.2) is 17.5 Å². The molecule has 4 nitrogen and oxygen atoms in total. The molecule has 11 rings (SSSR count). The lowest BCUT2D eigenvalue weighted by molar-refractivity contribution is 0.670. The van der Waals surface area contributed by atoms with Crippen molar-refractivity contribution >= 4 is 85.0 Å². The molecule has 4 heterocycles. The molecule has 0 aliphatic heterocycles. The first-order chi connectivity index (χ1) is 27.8. The molecule has 6 heteroatoms. The van der Waals surface area contributed by atoms with E-state index < -0.39 is 0 Å². The fourth-order valence-corrected chi connectivity index (χ4v) is 9.16. The molecule has 0 aliphatic rings. The van der Waals surface area contributed by atoms with Crippen LogP contribution in [0.5, 0.6) is 0 Å². The van der Waals surface area contributed by atoms with Crippen molar-refractivity contribution in [3.05, 3.63) is 152 Å². The van der Waals surface area contributed by atoms with Crippen molar-refractivity contribution in [2.75, 3.05) is 0 Å². The molecule has 0 atom stereocenters. The first kappa shape index (κ1) is 23.2. The normalized spacial score (nSPS) is 13.6. The number of thiophene rings is 2. The van der Waals surface area contributed by atoms with Crippen molar-refractivity contribution < 1.29 is 12.6 Å². The second-order valence-electron chi connectivity index (χ2n) is 12.3. The molecule has 0 saturated carbocycles. The number of hydrogen-bond acceptors (Lipinski definition) is 6. The number of rotatable bonds is 4. The molecule has 4 aromatic heterocycles. The highest BCUT2D eigenvalue weighted by Gasteiger charge is 2.19. The molecule has 7 aromatic carbocycles. The van der Waals surface area contributed by atoms with Crippen LogP contribution in [0, 0.1) is 0 Å². The minimum absolute atomic E-state index is 0.0210. The number of fused-ring (bicyclic) bond motifs is 9. The summed E-state index contributed by atoms with van der Waals surface area (Å²) in [7, 11) is 0. The van der Waals surface area contributed by atoms with Crippen LogP contribution in [0.15, 0.2) is 156 Å². The Hall–Kier alpha value is -6.21. The fraction of sp³-hybridized carbons (Fsp3) is 0. The molecule has 0 saturated heterocycles. The second-order valence-corrected chi connectivity index (χ2v) is 14.4. The molecule has 0 N–H and O–H groups in total. The summed E-state index contributed by atoms with van der Waals surface area (Å²) in [5.41, 5.74) is 2.44. The number of hydrogen-bond donors (Lipinski definition) is 0. The van der Waals surface area contributed by atoms with Crippen LogP contribution in [0.25, 0.3) is 108 Å². The summed E-state index contributed by atoms with van der Waals surface area (Å²) in [6, 6.07) is 35.9. The van der Waals surface area contributed by atoms with Gasteiger partial charge >= 0.3 is 0 Å². The van der Waals surface area contributed by atoms with Crippen molar-refractivity contribution in [3.63, 3.8) is 0 Å². The lowest BCUT2D eigenvalue weighted by Gasteiger charge is -2.09. The van der Waals surface area contributed by atoms with E-state index in [0.29, 0.717) is 22.8 Å². The van der Waals surface area contributed by atoms with Crippen molar-refractivity contribution in [3.8, 4) is 45.3 Å². The summed E-state index contributed by atoms with van der Waals surface area (Å²) < 4.78 is 66.0. The fourth-order valence-electron chi connectivity index (χ4n) is 6.86. The van der Waals surface area contributed by atoms with Gasteiger partial charge in [-0.3, -0.25) is 0 Å². The maximum absolute atomic E-state index is 9.58. The minimum atomic E-state index is -0.331. The van der Waals surface area contributed by atoms with Crippen LogP contribution < -0.4 is 0 Å². The van der Waals surface area contributed by atoms with E-state index in [4.69, 9.17) is 23.5 Å². The zero-order valence-electron chi connectivity index (χ0n) is 32.5. The summed E-state index contributed by atoms with van der Waals surface area (Å²) in [6.07, 6.45) is 0. The standard InChI is InChI=1S/C45H25N3OS2/c1-2-10-26(11-3-1)43-46-44(48-45(47-43)35-17-9-16-34-31-12-4-7-19-39(31)51-42(34)35)28-20-22-30-33-15-8-14-29(41(33)49-37(30)25-28)27-21-23-40-36(24-27)32-13-5-6-18-38(32)50-40/h1-25H/i8D,14D,15D,20D,22D,25D. The van der Waals surface area contributed by atoms with Gasteiger partial charge in [-0.25, -0.2) is 15.0 Å². The molecule has 0 bridgehead atoms. The van der Waals surface area contributed by atoms with E-state index in [9.17, 15) is 4.11 Å². The summed E-state index contributed by atoms with van der Waals surface area (Å²) in [4.78, 5) is 14.7. The topological polar surface area (TPSA) is 51.8 Å². The van der Waals surface area contributed by atoms with Gasteiger partial charge in [-0.2, -0.15) is 0 Å². The Morgan fingerprint density at radius 2 is 1.18 bits per heavy atom. The third-order valence-corrected chi connectivity index (χ3v) is 11.6. The van der Waals surface area contributed by atoms with Crippen LogP contribution in [0.1, 0.15) is 8.22 Å². The van der Waals surface area contributed by atoms with Gasteiger partial charge in [0, 0.05) is 73.4 Å². The van der Waals surface area contributed by atoms with Crippen LogP contribution in [-0.2, 0) is 0 Å². The van der Waals surface area contributed by atoms with Crippen molar-refractivity contribution in [2.45, 2.75) is 0 Å². The molecular formula is C45H25N3OS2. The molecule has 0 spiro atoms. The van der Waals surface area contributed by atoms with Crippen LogP contribution in [-0.4, -0.2) is 15.0 Å². The van der Waals surface area contributed by atoms with Gasteiger partial charge < -0.3 is 4.42 Å². The van der Waals surface area contributed by atoms with Crippen LogP contribution >= 0.6 is 22.7 Å². The lowest BCUT2D eigenvalue weighted by Crippen LogP contribution is -2.00. The van der Waals surface area contributed by atoms with Crippen molar-refractivity contribution in [2.24, 2.45) is 0 Å². The van der Waals surface area contributed by atoms with Crippen LogP contribution in [0.4, 0.5) is 0 Å². The third kappa shape index (κ3) is 4.54. The van der Waals surface area contributed by atoms with Gasteiger partial charge in [0.1, 0.15) is 11.2 Å². The Morgan fingerprint density at radius 3 is 2.04 bits per heavy atom. The van der Waals surface area contributed by atoms with Crippen LogP contribution in [0.2, 0.25) is 0 Å². The largest absolute Gasteiger partial charge is 0.455 e. The van der Waals surface area contributed by atoms with E-state index in [0.717, 1.165) is 45.9 Å². The van der Waals surface area contributed by atoms with Crippen molar-refractivity contribution in [1.29, 1.82) is 0 Å². The minimum Gasteiger partial charge on any atom is -0.455 e. The molecule has 0 radical (unpaired) electrons. The summed E-state index contributed by atoms with van der Waals surface area (Å²) in [5.74, 6) is 0.732. The Morgan fingerprint density at radius 1 is 0.471 bits per heavy atom. The van der Waals surface area contributed by atoms with Gasteiger partial charge in [0.05, 0.1) is 8.22 Å². The van der Waals surface area contributed by atoms with E-state index in [-0.39, 0.29) is 75.1 Å². The Bertz CT molecular complexity index is 3510. The monoisotopic (exact) mass is 693 g/mol. The highest BCUT2D eigenvalue weighted by atomic mass is 32.1. The quantitative estimate of drug-likeness (QED) is 0.184. The number of para-hydroxylation sites is 1. The first-order valence-electron chi connectivity index (χ1n) is 19.4. The SMILES string of the molecule is [2H]c1c([2H])c([2H])c2c(oc3c([2H])c(-c4nc(-c5ccccc5)nc(-c5cccc6c5sc5ccccc56)n4)c([2H])c([2H])c32)c1-c1ccc2sc3ccccc3c2c1. The van der Waals surface area contributed by atoms with Gasteiger partial charge in [-0.1, -0.05) is 109 Å². The summed E-state index contributed by atoms with van der Waals surface area (Å²) >= 11 is 3.30. The van der Waals surface area contributed by atoms with Gasteiger partial charge in [0.2, 0.25) is 0 Å². The molecule has 11 aromatic rings. The number of benzene rings is 7. The zero-order chi connectivity index (χ0) is 38.7. The van der Waals surface area contributed by atoms with Gasteiger partial charge in [0.25, 0.3) is 0 Å².